The zero-order chi connectivity index (χ0) is 9.97. The van der Waals surface area contributed by atoms with Crippen LogP contribution in [0.2, 0.25) is 13.1 Å². The summed E-state index contributed by atoms with van der Waals surface area (Å²) >= 11 is -1.33. The maximum absolute atomic E-state index is 2.51. The molecule has 2 rings (SSSR count). The van der Waals surface area contributed by atoms with Crippen molar-refractivity contribution < 1.29 is 21.8 Å². The van der Waals surface area contributed by atoms with E-state index in [1.54, 1.807) is 0 Å². The molecule has 0 saturated carbocycles. The van der Waals surface area contributed by atoms with Crippen LogP contribution in [0.3, 0.4) is 0 Å². The Kier molecular flexibility index (Phi) is 3.57. The van der Waals surface area contributed by atoms with Crippen LogP contribution in [0.15, 0.2) is 43.0 Å². The molecule has 0 amide bonds. The molecule has 73 valence electrons. The molecule has 0 saturated heterocycles. The average molecular weight is 281 g/mol. The minimum absolute atomic E-state index is 0. The molecule has 0 aromatic heterocycles. The van der Waals surface area contributed by atoms with Crippen molar-refractivity contribution in [3.8, 4) is 0 Å². The minimum Gasteiger partial charge on any atom is -1.00 e. The van der Waals surface area contributed by atoms with Crippen molar-refractivity contribution >= 4 is 5.43 Å². The van der Waals surface area contributed by atoms with E-state index in [0.29, 0.717) is 0 Å². The van der Waals surface area contributed by atoms with Gasteiger partial charge in [0, 0.05) is 0 Å². The van der Waals surface area contributed by atoms with Crippen LogP contribution in [0.5, 0.6) is 0 Å². The van der Waals surface area contributed by atoms with Crippen molar-refractivity contribution in [3.63, 3.8) is 0 Å². The van der Waals surface area contributed by atoms with Gasteiger partial charge in [-0.3, -0.25) is 0 Å². The van der Waals surface area contributed by atoms with E-state index in [4.69, 9.17) is 0 Å². The Bertz CT molecular complexity index is 364. The quantitative estimate of drug-likeness (QED) is 0.677. The van der Waals surface area contributed by atoms with Crippen LogP contribution in [0.25, 0.3) is 0 Å². The maximum atomic E-state index is 2.51. The summed E-state index contributed by atoms with van der Waals surface area (Å²) in [7, 11) is 0. The molecule has 0 bridgehead atoms. The number of rotatable bonds is 2. The van der Waals surface area contributed by atoms with Crippen LogP contribution in [0.4, 0.5) is 0 Å². The largest absolute Gasteiger partial charge is 1.00 e. The van der Waals surface area contributed by atoms with Gasteiger partial charge in [0.05, 0.1) is 0 Å². The molecular weight excluding hydrogens is 263 g/mol. The topological polar surface area (TPSA) is 0 Å². The van der Waals surface area contributed by atoms with Crippen molar-refractivity contribution in [2.45, 2.75) is 25.9 Å². The molecule has 2 aliphatic carbocycles. The Morgan fingerprint density at radius 3 is 1.86 bits per heavy atom. The van der Waals surface area contributed by atoms with Crippen LogP contribution in [0, 0.1) is 0 Å². The molecule has 0 nitrogen and oxygen atoms in total. The van der Waals surface area contributed by atoms with Crippen molar-refractivity contribution in [1.29, 1.82) is 0 Å². The normalized spacial score (nSPS) is 18.4. The average Bonchev–Trinajstić information content (AvgIpc) is 2.75. The van der Waals surface area contributed by atoms with Crippen molar-refractivity contribution in [2.24, 2.45) is 0 Å². The van der Waals surface area contributed by atoms with Gasteiger partial charge in [-0.25, -0.2) is 0 Å². The van der Waals surface area contributed by atoms with E-state index in [1.165, 1.54) is 12.8 Å². The summed E-state index contributed by atoms with van der Waals surface area (Å²) in [5, 5.41) is 0. The zero-order valence-electron chi connectivity index (χ0n) is 9.88. The third-order valence-corrected chi connectivity index (χ3v) is 19.8. The molecule has 0 spiro atoms. The van der Waals surface area contributed by atoms with Crippen LogP contribution >= 0.6 is 0 Å². The van der Waals surface area contributed by atoms with E-state index < -0.39 is 20.4 Å². The van der Waals surface area contributed by atoms with Crippen LogP contribution in [-0.4, -0.2) is 5.43 Å². The Morgan fingerprint density at radius 1 is 1.07 bits per heavy atom. The second kappa shape index (κ2) is 4.72. The first-order valence-electron chi connectivity index (χ1n) is 5.18. The number of hydrogen-bond donors (Lipinski definition) is 0. The molecule has 0 heterocycles. The Balaban J connectivity index is 0.00000112. The van der Waals surface area contributed by atoms with Gasteiger partial charge in [-0.2, -0.15) is 0 Å². The predicted molar refractivity (Wildman–Crippen MR) is 62.3 cm³/mol. The SMILES string of the molecule is C[Si](C)=[Zr+]([C]1=CC=CC1)[C]1=CC=CC1.[H-]. The molecule has 0 radical (unpaired) electrons. The number of allylic oxidation sites excluding steroid dienone is 8. The molecule has 14 heavy (non-hydrogen) atoms. The van der Waals surface area contributed by atoms with Gasteiger partial charge in [0.25, 0.3) is 0 Å². The standard InChI is InChI=1S/2C5H5.C2H6Si.Zr.H/c2*1-2-4-5-3-1;1-3-2;;/h2*1-3H,4H2;1-2H3;;/q;;;+1;-1. The Labute approximate surface area is 95.8 Å². The predicted octanol–water partition coefficient (Wildman–Crippen LogP) is 3.66. The van der Waals surface area contributed by atoms with Gasteiger partial charge < -0.3 is 1.43 Å². The summed E-state index contributed by atoms with van der Waals surface area (Å²) in [5.74, 6) is 0. The zero-order valence-corrected chi connectivity index (χ0v) is 12.3. The maximum Gasteiger partial charge on any atom is -1.00 e. The molecule has 0 fully saturated rings. The fourth-order valence-corrected chi connectivity index (χ4v) is 19.0. The molecule has 0 aromatic rings. The molecule has 2 heteroatoms. The van der Waals surface area contributed by atoms with Crippen LogP contribution in [-0.2, 0) is 20.4 Å². The summed E-state index contributed by atoms with van der Waals surface area (Å²) in [6, 6.07) is 0. The minimum atomic E-state index is -1.33. The molecule has 2 aliphatic rings. The monoisotopic (exact) mass is 279 g/mol. The fraction of sp³-hybridized carbons (Fsp3) is 0.333. The van der Waals surface area contributed by atoms with E-state index >= 15 is 0 Å². The Morgan fingerprint density at radius 2 is 1.57 bits per heavy atom. The van der Waals surface area contributed by atoms with Gasteiger partial charge in [0.2, 0.25) is 0 Å². The van der Waals surface area contributed by atoms with Crippen molar-refractivity contribution in [2.75, 3.05) is 0 Å². The van der Waals surface area contributed by atoms with Gasteiger partial charge in [0.15, 0.2) is 0 Å². The summed E-state index contributed by atoms with van der Waals surface area (Å²) < 4.78 is 3.67. The second-order valence-corrected chi connectivity index (χ2v) is 21.4. The van der Waals surface area contributed by atoms with E-state index in [0.717, 1.165) is 0 Å². The third-order valence-electron chi connectivity index (χ3n) is 2.68. The van der Waals surface area contributed by atoms with E-state index in [1.807, 2.05) is 6.56 Å². The van der Waals surface area contributed by atoms with Crippen molar-refractivity contribution in [3.05, 3.63) is 43.0 Å². The molecule has 0 N–H and O–H groups in total. The number of hydrogen-bond acceptors (Lipinski definition) is 0. The summed E-state index contributed by atoms with van der Waals surface area (Å²) in [6.45, 7) is 5.02. The van der Waals surface area contributed by atoms with Gasteiger partial charge in [-0.1, -0.05) is 0 Å². The molecule has 0 aliphatic heterocycles. The molecular formula is C12H17SiZr. The Hall–Kier alpha value is 0.0600. The van der Waals surface area contributed by atoms with Gasteiger partial charge in [0.1, 0.15) is 0 Å². The first kappa shape index (κ1) is 10.6. The van der Waals surface area contributed by atoms with E-state index in [2.05, 4.69) is 49.6 Å². The third kappa shape index (κ3) is 2.17. The van der Waals surface area contributed by atoms with Crippen molar-refractivity contribution in [1.82, 2.24) is 0 Å². The van der Waals surface area contributed by atoms with Gasteiger partial charge in [-0.15, -0.1) is 0 Å². The summed E-state index contributed by atoms with van der Waals surface area (Å²) in [4.78, 5) is 0. The van der Waals surface area contributed by atoms with Crippen LogP contribution < -0.4 is 0 Å². The summed E-state index contributed by atoms with van der Waals surface area (Å²) in [6.07, 6.45) is 16.5. The molecule has 0 aromatic carbocycles. The fourth-order valence-electron chi connectivity index (χ4n) is 2.11. The molecule has 0 atom stereocenters. The van der Waals surface area contributed by atoms with Gasteiger partial charge >= 0.3 is 94.8 Å². The van der Waals surface area contributed by atoms with Crippen LogP contribution in [0.1, 0.15) is 14.3 Å². The first-order chi connectivity index (χ1) is 6.79. The smallest absolute Gasteiger partial charge is 1.00 e. The molecule has 0 unspecified atom stereocenters. The second-order valence-electron chi connectivity index (χ2n) is 4.02. The first-order valence-corrected chi connectivity index (χ1v) is 13.8. The van der Waals surface area contributed by atoms with Gasteiger partial charge in [-0.05, 0) is 0 Å². The summed E-state index contributed by atoms with van der Waals surface area (Å²) in [5.41, 5.74) is -0.0588. The van der Waals surface area contributed by atoms with E-state index in [-0.39, 0.29) is 6.86 Å². The van der Waals surface area contributed by atoms with E-state index in [9.17, 15) is 0 Å².